The first kappa shape index (κ1) is 10.1. The Morgan fingerprint density at radius 2 is 2.00 bits per heavy atom. The Bertz CT molecular complexity index is 308. The van der Waals surface area contributed by atoms with E-state index in [1.807, 2.05) is 0 Å². The van der Waals surface area contributed by atoms with E-state index in [9.17, 15) is 8.53 Å². The quantitative estimate of drug-likeness (QED) is 0.789. The summed E-state index contributed by atoms with van der Waals surface area (Å²) in [5, 5.41) is 2.71. The standard InChI is InChI=1S/C9H10AsNO2/c1-2-9(12)11-8-5-3-7(10-13)4-6-8/h3-6H,2H2,1H3,(H,11,12). The molecule has 1 amide bonds. The number of nitrogens with one attached hydrogen (secondary N) is 1. The van der Waals surface area contributed by atoms with Crippen LogP contribution in [0, 0.1) is 0 Å². The molecule has 0 aliphatic rings. The van der Waals surface area contributed by atoms with Gasteiger partial charge in [-0.25, -0.2) is 0 Å². The summed E-state index contributed by atoms with van der Waals surface area (Å²) >= 11 is -0.962. The minimum atomic E-state index is -0.962. The first-order valence-corrected chi connectivity index (χ1v) is 5.70. The third-order valence-corrected chi connectivity index (χ3v) is 2.65. The maximum atomic E-state index is 11.0. The SMILES string of the molecule is CCC(=O)Nc1ccc([As]=O)cc1. The predicted octanol–water partition coefficient (Wildman–Crippen LogP) is 0.710. The molecule has 0 fully saturated rings. The summed E-state index contributed by atoms with van der Waals surface area (Å²) in [6.45, 7) is 1.80. The van der Waals surface area contributed by atoms with E-state index < -0.39 is 15.7 Å². The van der Waals surface area contributed by atoms with E-state index in [0.717, 1.165) is 10.0 Å². The molecule has 0 aromatic heterocycles. The van der Waals surface area contributed by atoms with E-state index in [4.69, 9.17) is 0 Å². The Balaban J connectivity index is 2.69. The van der Waals surface area contributed by atoms with Crippen LogP contribution in [0.1, 0.15) is 13.3 Å². The Labute approximate surface area is 83.4 Å². The fourth-order valence-electron chi connectivity index (χ4n) is 0.855. The number of hydrogen-bond acceptors (Lipinski definition) is 2. The van der Waals surface area contributed by atoms with Gasteiger partial charge in [-0.05, 0) is 0 Å². The van der Waals surface area contributed by atoms with Gasteiger partial charge in [0.25, 0.3) is 0 Å². The molecule has 0 atom stereocenters. The van der Waals surface area contributed by atoms with Crippen molar-refractivity contribution in [1.29, 1.82) is 0 Å². The van der Waals surface area contributed by atoms with Crippen LogP contribution in [-0.4, -0.2) is 21.6 Å². The van der Waals surface area contributed by atoms with Crippen LogP contribution in [0.15, 0.2) is 24.3 Å². The molecule has 0 unspecified atom stereocenters. The molecule has 68 valence electrons. The molecule has 0 heterocycles. The summed E-state index contributed by atoms with van der Waals surface area (Å²) in [7, 11) is 0. The van der Waals surface area contributed by atoms with Gasteiger partial charge in [-0.1, -0.05) is 0 Å². The third kappa shape index (κ3) is 3.11. The van der Waals surface area contributed by atoms with Crippen LogP contribution in [0.4, 0.5) is 5.69 Å². The van der Waals surface area contributed by atoms with Crippen LogP contribution in [0.3, 0.4) is 0 Å². The number of amides is 1. The Morgan fingerprint density at radius 1 is 1.38 bits per heavy atom. The second-order valence-electron chi connectivity index (χ2n) is 2.54. The van der Waals surface area contributed by atoms with Crippen LogP contribution < -0.4 is 9.67 Å². The molecule has 0 aliphatic heterocycles. The van der Waals surface area contributed by atoms with Gasteiger partial charge in [0.2, 0.25) is 0 Å². The zero-order valence-electron chi connectivity index (χ0n) is 7.28. The van der Waals surface area contributed by atoms with E-state index >= 15 is 0 Å². The fourth-order valence-corrected chi connectivity index (χ4v) is 1.42. The molecule has 0 saturated heterocycles. The second-order valence-corrected chi connectivity index (χ2v) is 4.01. The van der Waals surface area contributed by atoms with Crippen molar-refractivity contribution < 1.29 is 8.53 Å². The summed E-state index contributed by atoms with van der Waals surface area (Å²) < 4.78 is 11.4. The molecule has 0 saturated carbocycles. The zero-order chi connectivity index (χ0) is 9.68. The number of carbonyl (C=O) groups excluding carboxylic acids is 1. The fraction of sp³-hybridized carbons (Fsp3) is 0.222. The topological polar surface area (TPSA) is 46.2 Å². The van der Waals surface area contributed by atoms with Crippen LogP contribution in [0.25, 0.3) is 0 Å². The molecule has 1 aromatic carbocycles. The van der Waals surface area contributed by atoms with Crippen molar-refractivity contribution in [2.75, 3.05) is 5.32 Å². The van der Waals surface area contributed by atoms with Gasteiger partial charge in [-0.3, -0.25) is 0 Å². The Hall–Kier alpha value is -0.952. The van der Waals surface area contributed by atoms with Crippen molar-refractivity contribution in [2.45, 2.75) is 13.3 Å². The summed E-state index contributed by atoms with van der Waals surface area (Å²) in [6.07, 6.45) is 0.467. The molecule has 3 nitrogen and oxygen atoms in total. The van der Waals surface area contributed by atoms with E-state index in [-0.39, 0.29) is 5.91 Å². The van der Waals surface area contributed by atoms with Gasteiger partial charge in [0.15, 0.2) is 0 Å². The van der Waals surface area contributed by atoms with Crippen molar-refractivity contribution >= 4 is 31.6 Å². The van der Waals surface area contributed by atoms with Crippen molar-refractivity contribution in [1.82, 2.24) is 0 Å². The number of rotatable bonds is 3. The van der Waals surface area contributed by atoms with Crippen LogP contribution in [0.2, 0.25) is 0 Å². The van der Waals surface area contributed by atoms with Crippen molar-refractivity contribution in [3.05, 3.63) is 24.3 Å². The first-order valence-electron chi connectivity index (χ1n) is 3.99. The molecular weight excluding hydrogens is 229 g/mol. The maximum absolute atomic E-state index is 11.0. The zero-order valence-corrected chi connectivity index (χ0v) is 9.16. The van der Waals surface area contributed by atoms with Gasteiger partial charge in [0.05, 0.1) is 0 Å². The normalized spacial score (nSPS) is 9.92. The van der Waals surface area contributed by atoms with Gasteiger partial charge in [0.1, 0.15) is 0 Å². The number of benzene rings is 1. The average molecular weight is 239 g/mol. The van der Waals surface area contributed by atoms with E-state index in [0.29, 0.717) is 6.42 Å². The predicted molar refractivity (Wildman–Crippen MR) is 51.4 cm³/mol. The summed E-state index contributed by atoms with van der Waals surface area (Å²) in [4.78, 5) is 11.0. The number of carbonyl (C=O) groups is 1. The van der Waals surface area contributed by atoms with Gasteiger partial charge < -0.3 is 0 Å². The minimum absolute atomic E-state index is 0.0110. The van der Waals surface area contributed by atoms with Crippen molar-refractivity contribution in [3.8, 4) is 0 Å². The molecule has 0 aliphatic carbocycles. The number of anilines is 1. The monoisotopic (exact) mass is 239 g/mol. The molecule has 0 radical (unpaired) electrons. The van der Waals surface area contributed by atoms with Crippen LogP contribution in [0.5, 0.6) is 0 Å². The van der Waals surface area contributed by atoms with Crippen molar-refractivity contribution in [2.24, 2.45) is 0 Å². The molecular formula is C9H10AsNO2. The summed E-state index contributed by atoms with van der Waals surface area (Å²) in [5.41, 5.74) is 0.755. The van der Waals surface area contributed by atoms with Crippen molar-refractivity contribution in [3.63, 3.8) is 0 Å². The van der Waals surface area contributed by atoms with Crippen LogP contribution >= 0.6 is 0 Å². The van der Waals surface area contributed by atoms with Crippen LogP contribution in [-0.2, 0) is 8.53 Å². The summed E-state index contributed by atoms with van der Waals surface area (Å²) in [6, 6.07) is 7.05. The van der Waals surface area contributed by atoms with Gasteiger partial charge in [-0.15, -0.1) is 0 Å². The van der Waals surface area contributed by atoms with Gasteiger partial charge in [0, 0.05) is 0 Å². The second kappa shape index (κ2) is 4.93. The average Bonchev–Trinajstić information content (AvgIpc) is 2.19. The molecule has 1 aromatic rings. The Kier molecular flexibility index (Phi) is 3.84. The first-order chi connectivity index (χ1) is 6.26. The summed E-state index contributed by atoms with van der Waals surface area (Å²) in [5.74, 6) is -0.0110. The van der Waals surface area contributed by atoms with E-state index in [2.05, 4.69) is 5.32 Å². The van der Waals surface area contributed by atoms with E-state index in [1.165, 1.54) is 0 Å². The van der Waals surface area contributed by atoms with E-state index in [1.54, 1.807) is 31.2 Å². The Morgan fingerprint density at radius 3 is 2.46 bits per heavy atom. The number of hydrogen-bond donors (Lipinski definition) is 1. The molecule has 13 heavy (non-hydrogen) atoms. The van der Waals surface area contributed by atoms with Gasteiger partial charge >= 0.3 is 83.1 Å². The molecule has 1 rings (SSSR count). The molecule has 4 heteroatoms. The third-order valence-electron chi connectivity index (χ3n) is 1.58. The molecule has 1 N–H and O–H groups in total. The molecule has 0 bridgehead atoms. The van der Waals surface area contributed by atoms with Gasteiger partial charge in [-0.2, -0.15) is 0 Å². The molecule has 0 spiro atoms.